The van der Waals surface area contributed by atoms with Crippen molar-refractivity contribution in [2.75, 3.05) is 26.9 Å². The number of para-hydroxylation sites is 1. The number of benzene rings is 2. The number of thiocarbonyl (C=S) groups is 1. The zero-order chi connectivity index (χ0) is 23.6. The summed E-state index contributed by atoms with van der Waals surface area (Å²) in [4.78, 5) is 39.0. The number of carbonyl (C=O) groups excluding carboxylic acids is 3. The third-order valence-electron chi connectivity index (χ3n) is 5.00. The second-order valence-corrected chi connectivity index (χ2v) is 7.80. The predicted octanol–water partition coefficient (Wildman–Crippen LogP) is 1.40. The molecular weight excluding hydrogens is 444 g/mol. The summed E-state index contributed by atoms with van der Waals surface area (Å²) in [6, 6.07) is 16.3. The molecular formula is C23H26N4O5S. The van der Waals surface area contributed by atoms with E-state index in [4.69, 9.17) is 21.7 Å². The minimum Gasteiger partial charge on any atom is -0.490 e. The van der Waals surface area contributed by atoms with E-state index in [1.807, 2.05) is 30.3 Å². The van der Waals surface area contributed by atoms with Gasteiger partial charge in [-0.25, -0.2) is 0 Å². The Labute approximate surface area is 197 Å². The summed E-state index contributed by atoms with van der Waals surface area (Å²) in [5.74, 6) is -1.07. The van der Waals surface area contributed by atoms with Gasteiger partial charge in [0.2, 0.25) is 11.8 Å². The number of carbonyl (C=O) groups is 3. The lowest BCUT2D eigenvalue weighted by Gasteiger charge is -2.17. The molecule has 3 amide bonds. The average molecular weight is 471 g/mol. The fourth-order valence-electron chi connectivity index (χ4n) is 3.34. The number of nitrogens with one attached hydrogen (secondary N) is 3. The lowest BCUT2D eigenvalue weighted by molar-refractivity contribution is -0.129. The summed E-state index contributed by atoms with van der Waals surface area (Å²) in [6.07, 6.45) is 0.117. The first-order valence-electron chi connectivity index (χ1n) is 10.4. The smallest absolute Gasteiger partial charge is 0.261 e. The summed E-state index contributed by atoms with van der Waals surface area (Å²) in [5.41, 5.74) is 6.29. The molecule has 10 heteroatoms. The molecule has 2 aromatic rings. The van der Waals surface area contributed by atoms with Gasteiger partial charge >= 0.3 is 0 Å². The third kappa shape index (κ3) is 6.99. The number of ether oxygens (including phenoxy) is 2. The van der Waals surface area contributed by atoms with Crippen molar-refractivity contribution in [1.82, 2.24) is 21.1 Å². The van der Waals surface area contributed by atoms with E-state index < -0.39 is 11.8 Å². The number of hydrazine groups is 1. The quantitative estimate of drug-likeness (QED) is 0.304. The van der Waals surface area contributed by atoms with E-state index in [2.05, 4.69) is 16.2 Å². The maximum absolute atomic E-state index is 12.6. The van der Waals surface area contributed by atoms with E-state index in [1.54, 1.807) is 36.3 Å². The highest BCUT2D eigenvalue weighted by atomic mass is 32.1. The van der Waals surface area contributed by atoms with Crippen molar-refractivity contribution in [3.05, 3.63) is 65.7 Å². The van der Waals surface area contributed by atoms with Gasteiger partial charge in [0, 0.05) is 26.6 Å². The van der Waals surface area contributed by atoms with Gasteiger partial charge in [-0.05, 0) is 29.9 Å². The largest absolute Gasteiger partial charge is 0.490 e. The van der Waals surface area contributed by atoms with E-state index >= 15 is 0 Å². The molecule has 9 nitrogen and oxygen atoms in total. The molecule has 3 rings (SSSR count). The SMILES string of the molecule is COCCOc1ccccc1C(=O)NC(=S)NNC(=O)C1CC(=O)N(Cc2ccccc2)C1. The molecule has 1 saturated heterocycles. The first kappa shape index (κ1) is 24.1. The van der Waals surface area contributed by atoms with Gasteiger partial charge in [-0.2, -0.15) is 0 Å². The van der Waals surface area contributed by atoms with Crippen LogP contribution in [0.4, 0.5) is 0 Å². The zero-order valence-corrected chi connectivity index (χ0v) is 19.0. The van der Waals surface area contributed by atoms with Crippen LogP contribution in [0.1, 0.15) is 22.3 Å². The molecule has 1 fully saturated rings. The molecule has 2 aromatic carbocycles. The highest BCUT2D eigenvalue weighted by Crippen LogP contribution is 2.20. The van der Waals surface area contributed by atoms with Crippen LogP contribution >= 0.6 is 12.2 Å². The van der Waals surface area contributed by atoms with Crippen molar-refractivity contribution in [3.63, 3.8) is 0 Å². The Morgan fingerprint density at radius 2 is 1.79 bits per heavy atom. The lowest BCUT2D eigenvalue weighted by Crippen LogP contribution is -2.50. The Balaban J connectivity index is 1.46. The maximum atomic E-state index is 12.6. The van der Waals surface area contributed by atoms with Crippen molar-refractivity contribution in [3.8, 4) is 5.75 Å². The summed E-state index contributed by atoms with van der Waals surface area (Å²) in [7, 11) is 1.56. The van der Waals surface area contributed by atoms with Gasteiger partial charge in [-0.15, -0.1) is 0 Å². The molecule has 0 radical (unpaired) electrons. The Morgan fingerprint density at radius 3 is 2.55 bits per heavy atom. The van der Waals surface area contributed by atoms with Crippen LogP contribution < -0.4 is 20.9 Å². The summed E-state index contributed by atoms with van der Waals surface area (Å²) < 4.78 is 10.5. The monoisotopic (exact) mass is 470 g/mol. The minimum atomic E-state index is -0.512. The van der Waals surface area contributed by atoms with Crippen LogP contribution in [0.5, 0.6) is 5.75 Å². The first-order chi connectivity index (χ1) is 16.0. The second kappa shape index (κ2) is 11.9. The molecule has 1 heterocycles. The van der Waals surface area contributed by atoms with Crippen molar-refractivity contribution < 1.29 is 23.9 Å². The van der Waals surface area contributed by atoms with Crippen molar-refractivity contribution >= 4 is 35.1 Å². The van der Waals surface area contributed by atoms with Crippen LogP contribution in [0.25, 0.3) is 0 Å². The molecule has 0 saturated carbocycles. The average Bonchev–Trinajstić information content (AvgIpc) is 3.18. The predicted molar refractivity (Wildman–Crippen MR) is 125 cm³/mol. The summed E-state index contributed by atoms with van der Waals surface area (Å²) in [5, 5.41) is 2.42. The highest BCUT2D eigenvalue weighted by molar-refractivity contribution is 7.80. The van der Waals surface area contributed by atoms with Gasteiger partial charge in [0.05, 0.1) is 18.1 Å². The number of hydrogen-bond donors (Lipinski definition) is 3. The van der Waals surface area contributed by atoms with Crippen LogP contribution in [0.15, 0.2) is 54.6 Å². The van der Waals surface area contributed by atoms with E-state index in [9.17, 15) is 14.4 Å². The molecule has 1 aliphatic rings. The van der Waals surface area contributed by atoms with Gasteiger partial charge in [-0.1, -0.05) is 42.5 Å². The molecule has 0 aromatic heterocycles. The minimum absolute atomic E-state index is 0.0782. The standard InChI is InChI=1S/C23H26N4O5S/c1-31-11-12-32-19-10-6-5-9-18(19)22(30)24-23(33)26-25-21(29)17-13-20(28)27(15-17)14-16-7-3-2-4-8-16/h2-10,17H,11-15H2,1H3,(H,25,29)(H2,24,26,30,33). The molecule has 174 valence electrons. The third-order valence-corrected chi connectivity index (χ3v) is 5.21. The van der Waals surface area contributed by atoms with E-state index in [-0.39, 0.29) is 23.3 Å². The molecule has 1 unspecified atom stereocenters. The fourth-order valence-corrected chi connectivity index (χ4v) is 3.49. The maximum Gasteiger partial charge on any atom is 0.261 e. The van der Waals surface area contributed by atoms with Crippen LogP contribution in [0.2, 0.25) is 0 Å². The van der Waals surface area contributed by atoms with Crippen molar-refractivity contribution in [2.24, 2.45) is 5.92 Å². The number of methoxy groups -OCH3 is 1. The fraction of sp³-hybridized carbons (Fsp3) is 0.304. The molecule has 1 atom stereocenters. The van der Waals surface area contributed by atoms with Crippen LogP contribution in [-0.2, 0) is 20.9 Å². The van der Waals surface area contributed by atoms with Crippen LogP contribution in [0, 0.1) is 5.92 Å². The van der Waals surface area contributed by atoms with Crippen molar-refractivity contribution in [2.45, 2.75) is 13.0 Å². The van der Waals surface area contributed by atoms with Crippen LogP contribution in [0.3, 0.4) is 0 Å². The Kier molecular flexibility index (Phi) is 8.73. The molecule has 0 bridgehead atoms. The van der Waals surface area contributed by atoms with E-state index in [0.29, 0.717) is 37.6 Å². The van der Waals surface area contributed by atoms with Crippen molar-refractivity contribution in [1.29, 1.82) is 0 Å². The molecule has 0 aliphatic carbocycles. The topological polar surface area (TPSA) is 109 Å². The number of amides is 3. The molecule has 0 spiro atoms. The van der Waals surface area contributed by atoms with Gasteiger partial charge in [-0.3, -0.25) is 30.6 Å². The van der Waals surface area contributed by atoms with E-state index in [0.717, 1.165) is 5.56 Å². The zero-order valence-electron chi connectivity index (χ0n) is 18.2. The summed E-state index contributed by atoms with van der Waals surface area (Å²) >= 11 is 5.11. The Bertz CT molecular complexity index is 1000. The van der Waals surface area contributed by atoms with Gasteiger partial charge in [0.25, 0.3) is 5.91 Å². The Morgan fingerprint density at radius 1 is 1.06 bits per heavy atom. The van der Waals surface area contributed by atoms with Gasteiger partial charge in [0.15, 0.2) is 5.11 Å². The number of hydrogen-bond acceptors (Lipinski definition) is 6. The normalized spacial score (nSPS) is 15.1. The summed E-state index contributed by atoms with van der Waals surface area (Å²) in [6.45, 7) is 1.44. The van der Waals surface area contributed by atoms with Gasteiger partial charge in [0.1, 0.15) is 12.4 Å². The molecule has 1 aliphatic heterocycles. The first-order valence-corrected chi connectivity index (χ1v) is 10.8. The molecule has 33 heavy (non-hydrogen) atoms. The number of rotatable bonds is 8. The van der Waals surface area contributed by atoms with Crippen LogP contribution in [-0.4, -0.2) is 54.6 Å². The number of nitrogens with zero attached hydrogens (tertiary/aromatic N) is 1. The Hall–Kier alpha value is -3.50. The van der Waals surface area contributed by atoms with E-state index in [1.165, 1.54) is 0 Å². The van der Waals surface area contributed by atoms with Gasteiger partial charge < -0.3 is 14.4 Å². The highest BCUT2D eigenvalue weighted by Gasteiger charge is 2.34. The second-order valence-electron chi connectivity index (χ2n) is 7.40. The number of likely N-dealkylation sites (tertiary alicyclic amines) is 1. The molecule has 3 N–H and O–H groups in total. The lowest BCUT2D eigenvalue weighted by atomic mass is 10.1.